The Morgan fingerprint density at radius 3 is 2.55 bits per heavy atom. The van der Waals surface area contributed by atoms with E-state index in [0.717, 1.165) is 12.1 Å². The van der Waals surface area contributed by atoms with Crippen molar-refractivity contribution < 1.29 is 8.42 Å². The van der Waals surface area contributed by atoms with Crippen molar-refractivity contribution in [3.63, 3.8) is 0 Å². The van der Waals surface area contributed by atoms with Gasteiger partial charge in [-0.2, -0.15) is 0 Å². The summed E-state index contributed by atoms with van der Waals surface area (Å²) in [5, 5.41) is 3.35. The molecule has 0 fully saturated rings. The van der Waals surface area contributed by atoms with Crippen molar-refractivity contribution >= 4 is 10.0 Å². The highest BCUT2D eigenvalue weighted by Gasteiger charge is 2.18. The van der Waals surface area contributed by atoms with Crippen molar-refractivity contribution in [3.8, 4) is 0 Å². The Hall–Kier alpha value is -1.17. The minimum atomic E-state index is -3.37. The molecule has 0 amide bonds. The molecule has 1 atom stereocenters. The Balaban J connectivity index is 2.91. The summed E-state index contributed by atoms with van der Waals surface area (Å²) in [5.74, 6) is 0. The van der Waals surface area contributed by atoms with E-state index in [9.17, 15) is 8.42 Å². The quantitative estimate of drug-likeness (QED) is 0.821. The Kier molecular flexibility index (Phi) is 5.92. The van der Waals surface area contributed by atoms with Crippen molar-refractivity contribution in [1.29, 1.82) is 0 Å². The van der Waals surface area contributed by atoms with Gasteiger partial charge in [0.2, 0.25) is 10.0 Å². The molecule has 4 nitrogen and oxygen atoms in total. The average molecular weight is 296 g/mol. The molecule has 0 spiro atoms. The second-order valence-corrected chi connectivity index (χ2v) is 7.42. The highest BCUT2D eigenvalue weighted by Crippen LogP contribution is 2.19. The fourth-order valence-electron chi connectivity index (χ4n) is 1.71. The Morgan fingerprint density at radius 1 is 1.35 bits per heavy atom. The molecular weight excluding hydrogens is 272 g/mol. The van der Waals surface area contributed by atoms with Crippen LogP contribution in [0.15, 0.2) is 40.8 Å². The van der Waals surface area contributed by atoms with E-state index in [-0.39, 0.29) is 6.04 Å². The Bertz CT molecular complexity index is 573. The molecule has 0 radical (unpaired) electrons. The first-order valence-corrected chi connectivity index (χ1v) is 8.08. The monoisotopic (exact) mass is 296 g/mol. The van der Waals surface area contributed by atoms with Crippen LogP contribution in [0.4, 0.5) is 0 Å². The topological polar surface area (TPSA) is 49.4 Å². The number of allylic oxidation sites excluding steroid dienone is 1. The predicted molar refractivity (Wildman–Crippen MR) is 83.2 cm³/mol. The second-order valence-electron chi connectivity index (χ2n) is 5.27. The number of hydrogen-bond acceptors (Lipinski definition) is 3. The maximum Gasteiger partial charge on any atom is 0.242 e. The summed E-state index contributed by atoms with van der Waals surface area (Å²) in [6, 6.07) is 7.18. The normalized spacial score (nSPS) is 13.3. The third-order valence-electron chi connectivity index (χ3n) is 3.07. The third kappa shape index (κ3) is 4.44. The van der Waals surface area contributed by atoms with Crippen molar-refractivity contribution in [2.75, 3.05) is 20.6 Å². The SMILES string of the molecule is CC(C)=CCN[C@H](C)c1cccc(S(=O)(=O)N(C)C)c1. The lowest BCUT2D eigenvalue weighted by atomic mass is 10.1. The predicted octanol–water partition coefficient (Wildman–Crippen LogP) is 2.55. The van der Waals surface area contributed by atoms with Gasteiger partial charge in [0.15, 0.2) is 0 Å². The van der Waals surface area contributed by atoms with Crippen LogP contribution in [0.3, 0.4) is 0 Å². The van der Waals surface area contributed by atoms with Gasteiger partial charge in [-0.25, -0.2) is 12.7 Å². The number of benzene rings is 1. The molecule has 0 aliphatic rings. The molecule has 0 heterocycles. The van der Waals surface area contributed by atoms with Crippen LogP contribution in [0, 0.1) is 0 Å². The second kappa shape index (κ2) is 7.02. The standard InChI is InChI=1S/C15H24N2O2S/c1-12(2)9-10-16-13(3)14-7-6-8-15(11-14)20(18,19)17(4)5/h6-9,11,13,16H,10H2,1-5H3/t13-/m1/s1. The van der Waals surface area contributed by atoms with Crippen LogP contribution >= 0.6 is 0 Å². The maximum absolute atomic E-state index is 12.1. The summed E-state index contributed by atoms with van der Waals surface area (Å²) in [5.41, 5.74) is 2.23. The van der Waals surface area contributed by atoms with Gasteiger partial charge in [-0.15, -0.1) is 0 Å². The molecule has 1 aromatic rings. The van der Waals surface area contributed by atoms with Crippen LogP contribution in [-0.2, 0) is 10.0 Å². The molecule has 0 saturated heterocycles. The molecular formula is C15H24N2O2S. The van der Waals surface area contributed by atoms with E-state index in [1.165, 1.54) is 9.88 Å². The van der Waals surface area contributed by atoms with Gasteiger partial charge >= 0.3 is 0 Å². The summed E-state index contributed by atoms with van der Waals surface area (Å²) < 4.78 is 25.4. The molecule has 0 aromatic heterocycles. The Labute approximate surface area is 122 Å². The summed E-state index contributed by atoms with van der Waals surface area (Å²) in [6.45, 7) is 6.90. The number of rotatable bonds is 6. The molecule has 0 bridgehead atoms. The summed E-state index contributed by atoms with van der Waals surface area (Å²) >= 11 is 0. The van der Waals surface area contributed by atoms with Crippen molar-refractivity contribution in [1.82, 2.24) is 9.62 Å². The van der Waals surface area contributed by atoms with Gasteiger partial charge in [0, 0.05) is 26.7 Å². The Morgan fingerprint density at radius 2 is 2.00 bits per heavy atom. The van der Waals surface area contributed by atoms with Crippen LogP contribution in [0.25, 0.3) is 0 Å². The fraction of sp³-hybridized carbons (Fsp3) is 0.467. The van der Waals surface area contributed by atoms with Crippen molar-refractivity contribution in [3.05, 3.63) is 41.5 Å². The van der Waals surface area contributed by atoms with E-state index >= 15 is 0 Å². The largest absolute Gasteiger partial charge is 0.307 e. The van der Waals surface area contributed by atoms with E-state index in [1.54, 1.807) is 32.3 Å². The molecule has 0 aliphatic carbocycles. The zero-order valence-electron chi connectivity index (χ0n) is 12.8. The van der Waals surface area contributed by atoms with Crippen molar-refractivity contribution in [2.24, 2.45) is 0 Å². The first-order valence-electron chi connectivity index (χ1n) is 6.64. The lowest BCUT2D eigenvalue weighted by Crippen LogP contribution is -2.23. The highest BCUT2D eigenvalue weighted by molar-refractivity contribution is 7.89. The molecule has 1 aromatic carbocycles. The molecule has 1 rings (SSSR count). The minimum Gasteiger partial charge on any atom is -0.307 e. The zero-order chi connectivity index (χ0) is 15.3. The van der Waals surface area contributed by atoms with Gasteiger partial charge in [-0.3, -0.25) is 0 Å². The minimum absolute atomic E-state index is 0.0999. The van der Waals surface area contributed by atoms with Crippen LogP contribution in [-0.4, -0.2) is 33.4 Å². The summed E-state index contributed by atoms with van der Waals surface area (Å²) in [4.78, 5) is 0.330. The highest BCUT2D eigenvalue weighted by atomic mass is 32.2. The van der Waals surface area contributed by atoms with Gasteiger partial charge in [0.1, 0.15) is 0 Å². The van der Waals surface area contributed by atoms with E-state index in [0.29, 0.717) is 4.90 Å². The maximum atomic E-state index is 12.1. The summed E-state index contributed by atoms with van der Waals surface area (Å²) in [7, 11) is -0.293. The number of sulfonamides is 1. The van der Waals surface area contributed by atoms with Crippen LogP contribution < -0.4 is 5.32 Å². The van der Waals surface area contributed by atoms with E-state index < -0.39 is 10.0 Å². The molecule has 20 heavy (non-hydrogen) atoms. The first kappa shape index (κ1) is 16.9. The summed E-state index contributed by atoms with van der Waals surface area (Å²) in [6.07, 6.45) is 2.11. The van der Waals surface area contributed by atoms with E-state index in [4.69, 9.17) is 0 Å². The zero-order valence-corrected chi connectivity index (χ0v) is 13.7. The van der Waals surface area contributed by atoms with Gasteiger partial charge in [-0.1, -0.05) is 23.8 Å². The lowest BCUT2D eigenvalue weighted by molar-refractivity contribution is 0.520. The van der Waals surface area contributed by atoms with Gasteiger partial charge in [0.25, 0.3) is 0 Å². The molecule has 5 heteroatoms. The smallest absolute Gasteiger partial charge is 0.242 e. The molecule has 1 N–H and O–H groups in total. The molecule has 112 valence electrons. The van der Waals surface area contributed by atoms with Crippen LogP contribution in [0.5, 0.6) is 0 Å². The average Bonchev–Trinajstić information content (AvgIpc) is 2.38. The number of nitrogens with one attached hydrogen (secondary N) is 1. The molecule has 0 saturated carbocycles. The van der Waals surface area contributed by atoms with Gasteiger partial charge in [0.05, 0.1) is 4.90 Å². The molecule has 0 unspecified atom stereocenters. The van der Waals surface area contributed by atoms with Crippen molar-refractivity contribution in [2.45, 2.75) is 31.7 Å². The number of hydrogen-bond donors (Lipinski definition) is 1. The fourth-order valence-corrected chi connectivity index (χ4v) is 2.67. The van der Waals surface area contributed by atoms with E-state index in [2.05, 4.69) is 25.2 Å². The molecule has 0 aliphatic heterocycles. The third-order valence-corrected chi connectivity index (χ3v) is 4.88. The lowest BCUT2D eigenvalue weighted by Gasteiger charge is -2.16. The van der Waals surface area contributed by atoms with Gasteiger partial charge in [-0.05, 0) is 38.5 Å². The van der Waals surface area contributed by atoms with Crippen LogP contribution in [0.2, 0.25) is 0 Å². The van der Waals surface area contributed by atoms with E-state index in [1.807, 2.05) is 13.0 Å². The number of nitrogens with zero attached hydrogens (tertiary/aromatic N) is 1. The van der Waals surface area contributed by atoms with Gasteiger partial charge < -0.3 is 5.32 Å². The first-order chi connectivity index (χ1) is 9.25. The van der Waals surface area contributed by atoms with Crippen LogP contribution in [0.1, 0.15) is 32.4 Å².